The van der Waals surface area contributed by atoms with Gasteiger partial charge in [0, 0.05) is 32.2 Å². The highest BCUT2D eigenvalue weighted by Gasteiger charge is 2.32. The lowest BCUT2D eigenvalue weighted by Crippen LogP contribution is -2.57. The lowest BCUT2D eigenvalue weighted by molar-refractivity contribution is -0.0719. The molecule has 2 aliphatic rings. The molecule has 0 aliphatic carbocycles. The SMILES string of the molecule is Cc1cc([C@@H]2CN3CCNCC3CO2)c(C)c2nonc12. The minimum Gasteiger partial charge on any atom is -0.370 e. The molecule has 0 radical (unpaired) electrons. The lowest BCUT2D eigenvalue weighted by Gasteiger charge is -2.43. The standard InChI is InChI=1S/C15H20N4O2/c1-9-5-12(10(2)15-14(9)17-21-18-15)13-7-19-4-3-16-6-11(19)8-20-13/h5,11,13,16H,3-4,6-8H2,1-2H3/t11?,13-/m0/s1. The van der Waals surface area contributed by atoms with Crippen molar-refractivity contribution in [2.24, 2.45) is 0 Å². The summed E-state index contributed by atoms with van der Waals surface area (Å²) in [5.41, 5.74) is 5.14. The molecular formula is C15H20N4O2. The Morgan fingerprint density at radius 1 is 1.29 bits per heavy atom. The van der Waals surface area contributed by atoms with E-state index in [1.807, 2.05) is 6.92 Å². The number of morpholine rings is 1. The Kier molecular flexibility index (Phi) is 3.17. The maximum atomic E-state index is 6.13. The van der Waals surface area contributed by atoms with E-state index >= 15 is 0 Å². The summed E-state index contributed by atoms with van der Waals surface area (Å²) in [6, 6.07) is 2.68. The van der Waals surface area contributed by atoms with Crippen molar-refractivity contribution in [2.45, 2.75) is 26.0 Å². The summed E-state index contributed by atoms with van der Waals surface area (Å²) in [6.07, 6.45) is 0.110. The van der Waals surface area contributed by atoms with Crippen LogP contribution in [0.25, 0.3) is 11.0 Å². The van der Waals surface area contributed by atoms with Crippen molar-refractivity contribution in [2.75, 3.05) is 32.8 Å². The van der Waals surface area contributed by atoms with Crippen LogP contribution in [0.4, 0.5) is 0 Å². The van der Waals surface area contributed by atoms with E-state index in [-0.39, 0.29) is 6.10 Å². The van der Waals surface area contributed by atoms with Crippen molar-refractivity contribution in [1.82, 2.24) is 20.5 Å². The van der Waals surface area contributed by atoms with Crippen molar-refractivity contribution in [3.05, 3.63) is 22.8 Å². The molecule has 2 aliphatic heterocycles. The predicted molar refractivity (Wildman–Crippen MR) is 78.2 cm³/mol. The maximum absolute atomic E-state index is 6.13. The number of benzene rings is 1. The van der Waals surface area contributed by atoms with E-state index in [9.17, 15) is 0 Å². The zero-order valence-electron chi connectivity index (χ0n) is 12.4. The third-order valence-corrected chi connectivity index (χ3v) is 4.73. The number of ether oxygens (including phenoxy) is 1. The second kappa shape index (κ2) is 5.05. The van der Waals surface area contributed by atoms with Crippen LogP contribution in [-0.2, 0) is 4.74 Å². The van der Waals surface area contributed by atoms with Crippen LogP contribution in [0, 0.1) is 13.8 Å². The Morgan fingerprint density at radius 3 is 3.05 bits per heavy atom. The molecule has 2 atom stereocenters. The minimum atomic E-state index is 0.110. The third kappa shape index (κ3) is 2.14. The zero-order chi connectivity index (χ0) is 14.4. The van der Waals surface area contributed by atoms with Gasteiger partial charge in [0.2, 0.25) is 0 Å². The molecule has 0 saturated carbocycles. The molecule has 2 saturated heterocycles. The van der Waals surface area contributed by atoms with Crippen LogP contribution in [0.5, 0.6) is 0 Å². The van der Waals surface area contributed by atoms with Crippen LogP contribution in [0.1, 0.15) is 22.8 Å². The van der Waals surface area contributed by atoms with E-state index < -0.39 is 0 Å². The van der Waals surface area contributed by atoms with Gasteiger partial charge in [-0.05, 0) is 40.9 Å². The molecule has 6 heteroatoms. The van der Waals surface area contributed by atoms with Gasteiger partial charge in [-0.1, -0.05) is 6.07 Å². The summed E-state index contributed by atoms with van der Waals surface area (Å²) in [5.74, 6) is 0. The number of nitrogens with one attached hydrogen (secondary N) is 1. The van der Waals surface area contributed by atoms with Crippen LogP contribution >= 0.6 is 0 Å². The largest absolute Gasteiger partial charge is 0.370 e. The molecule has 112 valence electrons. The third-order valence-electron chi connectivity index (χ3n) is 4.73. The average molecular weight is 288 g/mol. The number of rotatable bonds is 1. The maximum Gasteiger partial charge on any atom is 0.138 e. The topological polar surface area (TPSA) is 63.4 Å². The van der Waals surface area contributed by atoms with Gasteiger partial charge in [0.15, 0.2) is 0 Å². The van der Waals surface area contributed by atoms with Gasteiger partial charge in [0.1, 0.15) is 11.0 Å². The molecule has 0 bridgehead atoms. The number of nitrogens with zero attached hydrogens (tertiary/aromatic N) is 3. The normalized spacial score (nSPS) is 27.0. The quantitative estimate of drug-likeness (QED) is 0.850. The number of piperazine rings is 1. The molecule has 1 unspecified atom stereocenters. The first-order chi connectivity index (χ1) is 10.2. The van der Waals surface area contributed by atoms with Crippen LogP contribution in [0.2, 0.25) is 0 Å². The number of aryl methyl sites for hydroxylation is 2. The number of hydrogen-bond acceptors (Lipinski definition) is 6. The van der Waals surface area contributed by atoms with Crippen molar-refractivity contribution >= 4 is 11.0 Å². The Morgan fingerprint density at radius 2 is 2.14 bits per heavy atom. The fourth-order valence-corrected chi connectivity index (χ4v) is 3.46. The van der Waals surface area contributed by atoms with Gasteiger partial charge in [0.25, 0.3) is 0 Å². The van der Waals surface area contributed by atoms with Gasteiger partial charge in [-0.25, -0.2) is 4.63 Å². The van der Waals surface area contributed by atoms with Gasteiger partial charge >= 0.3 is 0 Å². The molecule has 6 nitrogen and oxygen atoms in total. The first-order valence-electron chi connectivity index (χ1n) is 7.53. The molecule has 3 heterocycles. The van der Waals surface area contributed by atoms with Crippen molar-refractivity contribution < 1.29 is 9.37 Å². The highest BCUT2D eigenvalue weighted by Crippen LogP contribution is 2.32. The molecule has 2 fully saturated rings. The molecule has 4 rings (SSSR count). The number of hydrogen-bond donors (Lipinski definition) is 1. The van der Waals surface area contributed by atoms with Crippen molar-refractivity contribution in [3.63, 3.8) is 0 Å². The van der Waals surface area contributed by atoms with Crippen LogP contribution < -0.4 is 5.32 Å². The molecule has 21 heavy (non-hydrogen) atoms. The smallest absolute Gasteiger partial charge is 0.138 e. The van der Waals surface area contributed by atoms with E-state index in [0.29, 0.717) is 6.04 Å². The minimum absolute atomic E-state index is 0.110. The average Bonchev–Trinajstić information content (AvgIpc) is 3.01. The van der Waals surface area contributed by atoms with Crippen molar-refractivity contribution in [3.8, 4) is 0 Å². The lowest BCUT2D eigenvalue weighted by atomic mass is 9.96. The number of aromatic nitrogens is 2. The summed E-state index contributed by atoms with van der Waals surface area (Å²) >= 11 is 0. The van der Waals surface area contributed by atoms with E-state index in [0.717, 1.165) is 54.9 Å². The molecular weight excluding hydrogens is 268 g/mol. The first-order valence-corrected chi connectivity index (χ1v) is 7.53. The second-order valence-electron chi connectivity index (χ2n) is 6.04. The first kappa shape index (κ1) is 13.2. The predicted octanol–water partition coefficient (Wildman–Crippen LogP) is 1.18. The molecule has 1 aromatic carbocycles. The van der Waals surface area contributed by atoms with E-state index in [1.165, 1.54) is 5.56 Å². The summed E-state index contributed by atoms with van der Waals surface area (Å²) in [4.78, 5) is 2.53. The van der Waals surface area contributed by atoms with Crippen LogP contribution in [0.15, 0.2) is 10.7 Å². The monoisotopic (exact) mass is 288 g/mol. The number of fused-ring (bicyclic) bond motifs is 2. The molecule has 1 aromatic heterocycles. The fraction of sp³-hybridized carbons (Fsp3) is 0.600. The van der Waals surface area contributed by atoms with Gasteiger partial charge in [-0.15, -0.1) is 0 Å². The van der Waals surface area contributed by atoms with E-state index in [1.54, 1.807) is 0 Å². The summed E-state index contributed by atoms with van der Waals surface area (Å²) in [7, 11) is 0. The molecule has 2 aromatic rings. The summed E-state index contributed by atoms with van der Waals surface area (Å²) < 4.78 is 11.0. The Hall–Kier alpha value is -1.50. The Labute approximate surface area is 123 Å². The highest BCUT2D eigenvalue weighted by atomic mass is 16.6. The van der Waals surface area contributed by atoms with Gasteiger partial charge in [-0.2, -0.15) is 0 Å². The van der Waals surface area contributed by atoms with Gasteiger partial charge in [0.05, 0.1) is 12.7 Å². The fourth-order valence-electron chi connectivity index (χ4n) is 3.46. The van der Waals surface area contributed by atoms with Gasteiger partial charge < -0.3 is 10.1 Å². The second-order valence-corrected chi connectivity index (χ2v) is 6.04. The summed E-state index contributed by atoms with van der Waals surface area (Å²) in [6.45, 7) is 9.04. The zero-order valence-corrected chi connectivity index (χ0v) is 12.4. The Balaban J connectivity index is 1.68. The molecule has 0 amide bonds. The van der Waals surface area contributed by atoms with Crippen molar-refractivity contribution in [1.29, 1.82) is 0 Å². The Bertz CT molecular complexity index is 669. The highest BCUT2D eigenvalue weighted by molar-refractivity contribution is 5.81. The van der Waals surface area contributed by atoms with Crippen LogP contribution in [0.3, 0.4) is 0 Å². The molecule has 1 N–H and O–H groups in total. The summed E-state index contributed by atoms with van der Waals surface area (Å²) in [5, 5.41) is 11.5. The van der Waals surface area contributed by atoms with Gasteiger partial charge in [-0.3, -0.25) is 4.90 Å². The van der Waals surface area contributed by atoms with Crippen LogP contribution in [-0.4, -0.2) is 54.0 Å². The molecule has 0 spiro atoms. The van der Waals surface area contributed by atoms with E-state index in [4.69, 9.17) is 9.37 Å². The van der Waals surface area contributed by atoms with E-state index in [2.05, 4.69) is 33.5 Å².